The van der Waals surface area contributed by atoms with E-state index in [-0.39, 0.29) is 11.5 Å². The van der Waals surface area contributed by atoms with E-state index in [1.165, 1.54) is 0 Å². The number of ether oxygens (including phenoxy) is 1. The summed E-state index contributed by atoms with van der Waals surface area (Å²) in [5.74, 6) is 0.237. The van der Waals surface area contributed by atoms with Crippen molar-refractivity contribution in [3.63, 3.8) is 0 Å². The molecule has 6 nitrogen and oxygen atoms in total. The van der Waals surface area contributed by atoms with Crippen molar-refractivity contribution in [2.75, 3.05) is 12.0 Å². The highest BCUT2D eigenvalue weighted by atomic mass is 16.5. The molecule has 122 valence electrons. The Balaban J connectivity index is 2.37. The van der Waals surface area contributed by atoms with Gasteiger partial charge in [-0.05, 0) is 29.7 Å². The monoisotopic (exact) mass is 321 g/mol. The van der Waals surface area contributed by atoms with Crippen molar-refractivity contribution in [2.45, 2.75) is 13.3 Å². The largest absolute Gasteiger partial charge is 0.491 e. The first-order chi connectivity index (χ1) is 11.7. The number of nitrogens with one attached hydrogen (secondary N) is 2. The van der Waals surface area contributed by atoms with Crippen LogP contribution in [0.2, 0.25) is 0 Å². The van der Waals surface area contributed by atoms with Crippen molar-refractivity contribution in [2.24, 2.45) is 10.8 Å². The van der Waals surface area contributed by atoms with Crippen molar-refractivity contribution >= 4 is 17.2 Å². The van der Waals surface area contributed by atoms with Gasteiger partial charge in [0.1, 0.15) is 11.8 Å². The molecule has 0 aliphatic heterocycles. The Morgan fingerprint density at radius 2 is 2.00 bits per heavy atom. The summed E-state index contributed by atoms with van der Waals surface area (Å²) >= 11 is 0. The van der Waals surface area contributed by atoms with E-state index in [1.807, 2.05) is 55.5 Å². The molecule has 0 saturated heterocycles. The van der Waals surface area contributed by atoms with E-state index >= 15 is 0 Å². The maximum atomic E-state index is 8.94. The van der Waals surface area contributed by atoms with Gasteiger partial charge in [-0.2, -0.15) is 10.4 Å². The van der Waals surface area contributed by atoms with Crippen molar-refractivity contribution in [1.29, 1.82) is 10.7 Å². The van der Waals surface area contributed by atoms with Crippen LogP contribution in [0, 0.1) is 16.7 Å². The van der Waals surface area contributed by atoms with Crippen molar-refractivity contribution < 1.29 is 4.74 Å². The minimum Gasteiger partial charge on any atom is -0.491 e. The molecule has 0 radical (unpaired) electrons. The van der Waals surface area contributed by atoms with Crippen LogP contribution in [0.5, 0.6) is 5.75 Å². The van der Waals surface area contributed by atoms with Crippen LogP contribution in [0.3, 0.4) is 0 Å². The summed E-state index contributed by atoms with van der Waals surface area (Å²) in [5.41, 5.74) is 10.6. The van der Waals surface area contributed by atoms with Gasteiger partial charge in [0.25, 0.3) is 0 Å². The molecule has 0 bridgehead atoms. The van der Waals surface area contributed by atoms with E-state index in [0.717, 1.165) is 17.5 Å². The van der Waals surface area contributed by atoms with E-state index in [2.05, 4.69) is 10.5 Å². The third-order valence-electron chi connectivity index (χ3n) is 3.20. The SMILES string of the molecule is CCCOc1ccc(-c2ccccc2)cc1N/N=C(\C#N)C(=N)N. The van der Waals surface area contributed by atoms with E-state index in [9.17, 15) is 0 Å². The second-order valence-electron chi connectivity index (χ2n) is 5.02. The molecule has 0 fully saturated rings. The molecular weight excluding hydrogens is 302 g/mol. The topological polar surface area (TPSA) is 107 Å². The van der Waals surface area contributed by atoms with E-state index in [4.69, 9.17) is 21.1 Å². The van der Waals surface area contributed by atoms with E-state index < -0.39 is 0 Å². The quantitative estimate of drug-likeness (QED) is 0.413. The summed E-state index contributed by atoms with van der Waals surface area (Å²) in [5, 5.41) is 20.1. The molecule has 0 unspecified atom stereocenters. The van der Waals surface area contributed by atoms with Gasteiger partial charge in [0.15, 0.2) is 5.84 Å². The lowest BCUT2D eigenvalue weighted by Crippen LogP contribution is -2.21. The molecule has 0 heterocycles. The van der Waals surface area contributed by atoms with E-state index in [1.54, 1.807) is 6.07 Å². The Kier molecular flexibility index (Phi) is 5.92. The number of hydrazone groups is 1. The maximum Gasteiger partial charge on any atom is 0.201 e. The van der Waals surface area contributed by atoms with Gasteiger partial charge in [0.2, 0.25) is 5.71 Å². The second kappa shape index (κ2) is 8.34. The van der Waals surface area contributed by atoms with Gasteiger partial charge < -0.3 is 10.5 Å². The van der Waals surface area contributed by atoms with Gasteiger partial charge in [-0.25, -0.2) is 0 Å². The molecule has 4 N–H and O–H groups in total. The van der Waals surface area contributed by atoms with Crippen LogP contribution < -0.4 is 15.9 Å². The number of benzene rings is 2. The normalized spacial score (nSPS) is 10.8. The molecule has 24 heavy (non-hydrogen) atoms. The second-order valence-corrected chi connectivity index (χ2v) is 5.02. The molecule has 0 aliphatic carbocycles. The van der Waals surface area contributed by atoms with Crippen molar-refractivity contribution in [3.05, 3.63) is 48.5 Å². The number of amidine groups is 1. The molecule has 0 atom stereocenters. The van der Waals surface area contributed by atoms with Crippen molar-refractivity contribution in [1.82, 2.24) is 0 Å². The Bertz CT molecular complexity index is 778. The Morgan fingerprint density at radius 3 is 2.62 bits per heavy atom. The van der Waals surface area contributed by atoms with Gasteiger partial charge in [-0.15, -0.1) is 0 Å². The summed E-state index contributed by atoms with van der Waals surface area (Å²) in [6.07, 6.45) is 0.875. The fourth-order valence-corrected chi connectivity index (χ4v) is 2.03. The highest BCUT2D eigenvalue weighted by Gasteiger charge is 2.08. The number of nitrogens with two attached hydrogens (primary N) is 1. The van der Waals surface area contributed by atoms with Crippen LogP contribution in [0.25, 0.3) is 11.1 Å². The van der Waals surface area contributed by atoms with Gasteiger partial charge in [-0.3, -0.25) is 10.8 Å². The average molecular weight is 321 g/mol. The molecule has 2 aromatic rings. The first-order valence-electron chi connectivity index (χ1n) is 7.56. The lowest BCUT2D eigenvalue weighted by molar-refractivity contribution is 0.319. The van der Waals surface area contributed by atoms with Gasteiger partial charge >= 0.3 is 0 Å². The van der Waals surface area contributed by atoms with E-state index in [0.29, 0.717) is 18.0 Å². The number of hydrogen-bond donors (Lipinski definition) is 3. The third-order valence-corrected chi connectivity index (χ3v) is 3.20. The van der Waals surface area contributed by atoms with Crippen molar-refractivity contribution in [3.8, 4) is 22.9 Å². The molecule has 0 saturated carbocycles. The van der Waals surface area contributed by atoms with Crippen LogP contribution in [0.4, 0.5) is 5.69 Å². The highest BCUT2D eigenvalue weighted by molar-refractivity contribution is 6.45. The highest BCUT2D eigenvalue weighted by Crippen LogP contribution is 2.31. The number of anilines is 1. The van der Waals surface area contributed by atoms with Crippen LogP contribution in [0.1, 0.15) is 13.3 Å². The fraction of sp³-hybridized carbons (Fsp3) is 0.167. The zero-order valence-corrected chi connectivity index (χ0v) is 13.4. The summed E-state index contributed by atoms with van der Waals surface area (Å²) in [6, 6.07) is 17.4. The Labute approximate surface area is 141 Å². The fourth-order valence-electron chi connectivity index (χ4n) is 2.03. The zero-order chi connectivity index (χ0) is 17.4. The molecule has 2 aromatic carbocycles. The summed E-state index contributed by atoms with van der Waals surface area (Å²) in [6.45, 7) is 2.59. The molecular formula is C18H19N5O. The first-order valence-corrected chi connectivity index (χ1v) is 7.56. The lowest BCUT2D eigenvalue weighted by atomic mass is 10.0. The molecule has 0 amide bonds. The van der Waals surface area contributed by atoms with Crippen LogP contribution >= 0.6 is 0 Å². The van der Waals surface area contributed by atoms with Gasteiger partial charge in [-0.1, -0.05) is 43.3 Å². The Morgan fingerprint density at radius 1 is 1.25 bits per heavy atom. The molecule has 0 aliphatic rings. The minimum atomic E-state index is -0.389. The lowest BCUT2D eigenvalue weighted by Gasteiger charge is -2.12. The molecule has 2 rings (SSSR count). The van der Waals surface area contributed by atoms with Gasteiger partial charge in [0, 0.05) is 0 Å². The van der Waals surface area contributed by atoms with Crippen LogP contribution in [0.15, 0.2) is 53.6 Å². The van der Waals surface area contributed by atoms with Crippen LogP contribution in [-0.4, -0.2) is 18.2 Å². The third kappa shape index (κ3) is 4.34. The van der Waals surface area contributed by atoms with Crippen LogP contribution in [-0.2, 0) is 0 Å². The molecule has 0 aromatic heterocycles. The first kappa shape index (κ1) is 17.0. The number of nitriles is 1. The maximum absolute atomic E-state index is 8.94. The number of nitrogens with zero attached hydrogens (tertiary/aromatic N) is 2. The minimum absolute atomic E-state index is 0.179. The predicted octanol–water partition coefficient (Wildman–Crippen LogP) is 3.37. The summed E-state index contributed by atoms with van der Waals surface area (Å²) in [7, 11) is 0. The standard InChI is InChI=1S/C18H19N5O/c1-2-10-24-17-9-8-14(13-6-4-3-5-7-13)11-15(17)22-23-16(12-19)18(20)21/h3-9,11,22H,2,10H2,1H3,(H3,20,21)/b23-16+. The average Bonchev–Trinajstić information content (AvgIpc) is 2.61. The summed E-state index contributed by atoms with van der Waals surface area (Å²) < 4.78 is 5.70. The smallest absolute Gasteiger partial charge is 0.201 e. The molecule has 0 spiro atoms. The zero-order valence-electron chi connectivity index (χ0n) is 13.4. The van der Waals surface area contributed by atoms with Gasteiger partial charge in [0.05, 0.1) is 12.3 Å². The molecule has 6 heteroatoms. The predicted molar refractivity (Wildman–Crippen MR) is 96.2 cm³/mol. The summed E-state index contributed by atoms with van der Waals surface area (Å²) in [4.78, 5) is 0. The Hall–Kier alpha value is -3.33. The number of rotatable bonds is 7. The number of hydrogen-bond acceptors (Lipinski definition) is 5.